The average molecular weight is 242 g/mol. The first-order valence-corrected chi connectivity index (χ1v) is 6.50. The molecular formula is C14H18N4. The zero-order valence-corrected chi connectivity index (χ0v) is 10.4. The summed E-state index contributed by atoms with van der Waals surface area (Å²) < 4.78 is 1.79. The van der Waals surface area contributed by atoms with E-state index in [0.717, 1.165) is 12.2 Å². The smallest absolute Gasteiger partial charge is 0.138 e. The highest BCUT2D eigenvalue weighted by atomic mass is 15.3. The number of aromatic nitrogens is 3. The maximum Gasteiger partial charge on any atom is 0.138 e. The van der Waals surface area contributed by atoms with Crippen molar-refractivity contribution >= 4 is 0 Å². The Morgan fingerprint density at radius 2 is 2.11 bits per heavy atom. The Morgan fingerprint density at radius 1 is 1.28 bits per heavy atom. The van der Waals surface area contributed by atoms with Gasteiger partial charge in [-0.2, -0.15) is 5.10 Å². The molecule has 1 aromatic heterocycles. The van der Waals surface area contributed by atoms with Gasteiger partial charge < -0.3 is 5.73 Å². The predicted molar refractivity (Wildman–Crippen MR) is 70.6 cm³/mol. The second kappa shape index (κ2) is 4.53. The topological polar surface area (TPSA) is 56.7 Å². The quantitative estimate of drug-likeness (QED) is 0.896. The fourth-order valence-corrected chi connectivity index (χ4v) is 2.98. The van der Waals surface area contributed by atoms with Crippen LogP contribution in [0.25, 0.3) is 5.69 Å². The fourth-order valence-electron chi connectivity index (χ4n) is 2.98. The molecular weight excluding hydrogens is 224 g/mol. The van der Waals surface area contributed by atoms with Crippen molar-refractivity contribution in [2.75, 3.05) is 6.54 Å². The van der Waals surface area contributed by atoms with E-state index >= 15 is 0 Å². The van der Waals surface area contributed by atoms with Crippen molar-refractivity contribution in [3.8, 4) is 5.69 Å². The van der Waals surface area contributed by atoms with Crippen LogP contribution in [0.4, 0.5) is 0 Å². The van der Waals surface area contributed by atoms with Gasteiger partial charge in [0.25, 0.3) is 0 Å². The van der Waals surface area contributed by atoms with Crippen LogP contribution in [0.5, 0.6) is 0 Å². The number of nitrogens with zero attached hydrogens (tertiary/aromatic N) is 3. The zero-order valence-electron chi connectivity index (χ0n) is 10.4. The van der Waals surface area contributed by atoms with E-state index < -0.39 is 0 Å². The van der Waals surface area contributed by atoms with Crippen LogP contribution in [0.3, 0.4) is 0 Å². The minimum Gasteiger partial charge on any atom is -0.330 e. The minimum absolute atomic E-state index is 0.177. The molecule has 0 bridgehead atoms. The highest BCUT2D eigenvalue weighted by Crippen LogP contribution is 2.40. The van der Waals surface area contributed by atoms with Gasteiger partial charge in [-0.25, -0.2) is 9.67 Å². The van der Waals surface area contributed by atoms with Crippen LogP contribution in [0.1, 0.15) is 31.2 Å². The Kier molecular flexibility index (Phi) is 2.88. The van der Waals surface area contributed by atoms with Crippen molar-refractivity contribution in [2.24, 2.45) is 5.73 Å². The molecule has 0 radical (unpaired) electrons. The maximum absolute atomic E-state index is 6.03. The molecule has 1 aliphatic carbocycles. The van der Waals surface area contributed by atoms with Crippen LogP contribution in [-0.2, 0) is 5.41 Å². The molecule has 4 heteroatoms. The monoisotopic (exact) mass is 242 g/mol. The molecule has 0 unspecified atom stereocenters. The normalized spacial score (nSPS) is 18.1. The lowest BCUT2D eigenvalue weighted by Gasteiger charge is -2.28. The van der Waals surface area contributed by atoms with Crippen molar-refractivity contribution in [3.63, 3.8) is 0 Å². The highest BCUT2D eigenvalue weighted by Gasteiger charge is 2.34. The van der Waals surface area contributed by atoms with E-state index in [0.29, 0.717) is 0 Å². The largest absolute Gasteiger partial charge is 0.330 e. The number of hydrogen-bond donors (Lipinski definition) is 1. The lowest BCUT2D eigenvalue weighted by molar-refractivity contribution is 0.453. The summed E-state index contributed by atoms with van der Waals surface area (Å²) >= 11 is 0. The summed E-state index contributed by atoms with van der Waals surface area (Å²) in [6.07, 6.45) is 8.24. The van der Waals surface area contributed by atoms with Crippen molar-refractivity contribution < 1.29 is 0 Å². The molecule has 1 heterocycles. The van der Waals surface area contributed by atoms with Gasteiger partial charge in [0.1, 0.15) is 12.7 Å². The molecule has 0 spiro atoms. The molecule has 94 valence electrons. The Labute approximate surface area is 107 Å². The summed E-state index contributed by atoms with van der Waals surface area (Å²) in [5.41, 5.74) is 8.61. The summed E-state index contributed by atoms with van der Waals surface area (Å²) in [5.74, 6) is 0. The lowest BCUT2D eigenvalue weighted by Crippen LogP contribution is -2.32. The van der Waals surface area contributed by atoms with Crippen molar-refractivity contribution in [2.45, 2.75) is 31.1 Å². The Bertz CT molecular complexity index is 512. The minimum atomic E-state index is 0.177. The molecule has 4 nitrogen and oxygen atoms in total. The molecule has 0 amide bonds. The summed E-state index contributed by atoms with van der Waals surface area (Å²) in [5, 5.41) is 4.18. The summed E-state index contributed by atoms with van der Waals surface area (Å²) in [6.45, 7) is 0.730. The van der Waals surface area contributed by atoms with Gasteiger partial charge in [0.15, 0.2) is 0 Å². The zero-order chi connectivity index (χ0) is 12.4. The van der Waals surface area contributed by atoms with Crippen molar-refractivity contribution in [1.29, 1.82) is 0 Å². The van der Waals surface area contributed by atoms with E-state index in [1.807, 2.05) is 0 Å². The van der Waals surface area contributed by atoms with E-state index in [1.165, 1.54) is 31.2 Å². The van der Waals surface area contributed by atoms with Crippen LogP contribution >= 0.6 is 0 Å². The van der Waals surface area contributed by atoms with Crippen LogP contribution in [0.15, 0.2) is 36.9 Å². The molecule has 2 aromatic rings. The molecule has 1 aliphatic rings. The molecule has 18 heavy (non-hydrogen) atoms. The van der Waals surface area contributed by atoms with Crippen LogP contribution in [0.2, 0.25) is 0 Å². The first-order chi connectivity index (χ1) is 8.84. The molecule has 0 aliphatic heterocycles. The second-order valence-electron chi connectivity index (χ2n) is 5.08. The fraction of sp³-hybridized carbons (Fsp3) is 0.429. The molecule has 1 fully saturated rings. The first-order valence-electron chi connectivity index (χ1n) is 6.50. The third-order valence-corrected chi connectivity index (χ3v) is 4.09. The van der Waals surface area contributed by atoms with Gasteiger partial charge in [-0.1, -0.05) is 25.0 Å². The van der Waals surface area contributed by atoms with Crippen LogP contribution < -0.4 is 5.73 Å². The maximum atomic E-state index is 6.03. The van der Waals surface area contributed by atoms with E-state index in [-0.39, 0.29) is 5.41 Å². The van der Waals surface area contributed by atoms with E-state index in [9.17, 15) is 0 Å². The lowest BCUT2D eigenvalue weighted by atomic mass is 9.79. The molecule has 0 saturated heterocycles. The summed E-state index contributed by atoms with van der Waals surface area (Å²) in [6, 6.07) is 8.53. The molecule has 0 atom stereocenters. The van der Waals surface area contributed by atoms with Gasteiger partial charge in [0, 0.05) is 12.0 Å². The Hall–Kier alpha value is -1.68. The van der Waals surface area contributed by atoms with Gasteiger partial charge in [0.2, 0.25) is 0 Å². The van der Waals surface area contributed by atoms with Gasteiger partial charge in [0.05, 0.1) is 5.69 Å². The van der Waals surface area contributed by atoms with Gasteiger partial charge in [-0.15, -0.1) is 0 Å². The number of benzene rings is 1. The van der Waals surface area contributed by atoms with Crippen LogP contribution in [-0.4, -0.2) is 21.3 Å². The number of hydrogen-bond acceptors (Lipinski definition) is 3. The highest BCUT2D eigenvalue weighted by molar-refractivity contribution is 5.39. The molecule has 2 N–H and O–H groups in total. The summed E-state index contributed by atoms with van der Waals surface area (Å²) in [4.78, 5) is 3.99. The molecule has 1 aromatic carbocycles. The van der Waals surface area contributed by atoms with Crippen molar-refractivity contribution in [1.82, 2.24) is 14.8 Å². The van der Waals surface area contributed by atoms with Gasteiger partial charge in [-0.05, 0) is 30.5 Å². The average Bonchev–Trinajstić information content (AvgIpc) is 3.11. The summed E-state index contributed by atoms with van der Waals surface area (Å²) in [7, 11) is 0. The third-order valence-electron chi connectivity index (χ3n) is 4.09. The second-order valence-corrected chi connectivity index (χ2v) is 5.08. The molecule has 3 rings (SSSR count). The Balaban J connectivity index is 2.00. The van der Waals surface area contributed by atoms with Crippen LogP contribution in [0, 0.1) is 0 Å². The van der Waals surface area contributed by atoms with Crippen molar-refractivity contribution in [3.05, 3.63) is 42.5 Å². The standard InChI is InChI=1S/C14H18N4/c15-9-14(6-1-2-7-14)12-4-3-5-13(8-12)18-11-16-10-17-18/h3-5,8,10-11H,1-2,6-7,9,15H2. The number of rotatable bonds is 3. The number of nitrogens with two attached hydrogens (primary N) is 1. The first kappa shape index (κ1) is 11.4. The van der Waals surface area contributed by atoms with E-state index in [2.05, 4.69) is 34.3 Å². The predicted octanol–water partition coefficient (Wildman–Crippen LogP) is 2.04. The van der Waals surface area contributed by atoms with E-state index in [4.69, 9.17) is 5.73 Å². The Morgan fingerprint density at radius 3 is 2.78 bits per heavy atom. The third kappa shape index (κ3) is 1.82. The SMILES string of the molecule is NCC1(c2cccc(-n3cncn3)c2)CCCC1. The van der Waals surface area contributed by atoms with Gasteiger partial charge >= 0.3 is 0 Å². The van der Waals surface area contributed by atoms with Gasteiger partial charge in [-0.3, -0.25) is 0 Å². The molecule has 1 saturated carbocycles. The van der Waals surface area contributed by atoms with E-state index in [1.54, 1.807) is 17.3 Å².